The fourth-order valence-corrected chi connectivity index (χ4v) is 3.11. The fourth-order valence-electron chi connectivity index (χ4n) is 2.05. The first-order chi connectivity index (χ1) is 11.9. The zero-order chi connectivity index (χ0) is 18.3. The molecule has 8 heteroatoms. The summed E-state index contributed by atoms with van der Waals surface area (Å²) in [6.07, 6.45) is 0. The van der Waals surface area contributed by atoms with E-state index in [2.05, 4.69) is 10.0 Å². The van der Waals surface area contributed by atoms with Gasteiger partial charge in [0.15, 0.2) is 0 Å². The van der Waals surface area contributed by atoms with Crippen LogP contribution < -0.4 is 10.0 Å². The van der Waals surface area contributed by atoms with Crippen LogP contribution in [0.5, 0.6) is 0 Å². The predicted molar refractivity (Wildman–Crippen MR) is 91.1 cm³/mol. The van der Waals surface area contributed by atoms with Crippen LogP contribution in [-0.4, -0.2) is 34.6 Å². The average Bonchev–Trinajstić information content (AvgIpc) is 2.61. The lowest BCUT2D eigenvalue weighted by atomic mass is 10.2. The molecule has 0 atom stereocenters. The summed E-state index contributed by atoms with van der Waals surface area (Å²) in [6, 6.07) is 11.5. The molecule has 0 fully saturated rings. The molecule has 0 bridgehead atoms. The van der Waals surface area contributed by atoms with E-state index >= 15 is 0 Å². The molecule has 2 N–H and O–H groups in total. The smallest absolute Gasteiger partial charge is 0.251 e. The monoisotopic (exact) mass is 366 g/mol. The van der Waals surface area contributed by atoms with E-state index in [4.69, 9.17) is 4.74 Å². The molecule has 25 heavy (non-hydrogen) atoms. The zero-order valence-corrected chi connectivity index (χ0v) is 14.5. The first kappa shape index (κ1) is 19.0. The van der Waals surface area contributed by atoms with Crippen molar-refractivity contribution in [3.05, 3.63) is 65.5 Å². The van der Waals surface area contributed by atoms with E-state index in [1.807, 2.05) is 0 Å². The van der Waals surface area contributed by atoms with Crippen molar-refractivity contribution in [1.29, 1.82) is 0 Å². The molecule has 0 aliphatic rings. The summed E-state index contributed by atoms with van der Waals surface area (Å²) in [4.78, 5) is 12.2. The third-order valence-corrected chi connectivity index (χ3v) is 4.83. The number of carbonyl (C=O) groups excluding carboxylic acids is 1. The number of ether oxygens (including phenoxy) is 1. The number of sulfonamides is 1. The minimum absolute atomic E-state index is 0.00182. The van der Waals surface area contributed by atoms with E-state index in [0.717, 1.165) is 5.56 Å². The Bertz CT molecular complexity index is 823. The molecule has 2 aromatic carbocycles. The van der Waals surface area contributed by atoms with Gasteiger partial charge in [0.2, 0.25) is 10.0 Å². The lowest BCUT2D eigenvalue weighted by Gasteiger charge is -2.09. The van der Waals surface area contributed by atoms with Crippen molar-refractivity contribution in [2.24, 2.45) is 0 Å². The molecular weight excluding hydrogens is 347 g/mol. The number of carbonyl (C=O) groups is 1. The maximum absolute atomic E-state index is 12.9. The van der Waals surface area contributed by atoms with Gasteiger partial charge in [0, 0.05) is 25.8 Å². The van der Waals surface area contributed by atoms with Gasteiger partial charge >= 0.3 is 0 Å². The first-order valence-corrected chi connectivity index (χ1v) is 9.02. The van der Waals surface area contributed by atoms with E-state index in [0.29, 0.717) is 0 Å². The molecule has 2 aromatic rings. The van der Waals surface area contributed by atoms with Crippen molar-refractivity contribution in [2.45, 2.75) is 11.4 Å². The Labute approximate surface area is 146 Å². The number of halogens is 1. The largest absolute Gasteiger partial charge is 0.383 e. The van der Waals surface area contributed by atoms with E-state index in [1.165, 1.54) is 43.5 Å². The highest BCUT2D eigenvalue weighted by molar-refractivity contribution is 7.89. The summed E-state index contributed by atoms with van der Waals surface area (Å²) in [5.41, 5.74) is 0.955. The summed E-state index contributed by atoms with van der Waals surface area (Å²) in [6.45, 7) is 0.596. The molecule has 0 saturated heterocycles. The number of hydrogen-bond acceptors (Lipinski definition) is 4. The summed E-state index contributed by atoms with van der Waals surface area (Å²) in [7, 11) is -2.24. The Kier molecular flexibility index (Phi) is 6.63. The molecule has 0 aliphatic heterocycles. The lowest BCUT2D eigenvalue weighted by Crippen LogP contribution is -2.28. The Morgan fingerprint density at radius 1 is 1.16 bits per heavy atom. The minimum Gasteiger partial charge on any atom is -0.383 e. The van der Waals surface area contributed by atoms with Crippen LogP contribution >= 0.6 is 0 Å². The van der Waals surface area contributed by atoms with Crippen molar-refractivity contribution in [2.75, 3.05) is 20.3 Å². The first-order valence-electron chi connectivity index (χ1n) is 7.54. The highest BCUT2D eigenvalue weighted by Crippen LogP contribution is 2.12. The van der Waals surface area contributed by atoms with Crippen molar-refractivity contribution < 1.29 is 22.3 Å². The van der Waals surface area contributed by atoms with Crippen LogP contribution in [-0.2, 0) is 21.3 Å². The minimum atomic E-state index is -3.71. The van der Waals surface area contributed by atoms with Gasteiger partial charge in [0.05, 0.1) is 11.5 Å². The van der Waals surface area contributed by atoms with Crippen LogP contribution in [0.4, 0.5) is 4.39 Å². The molecule has 6 nitrogen and oxygen atoms in total. The number of benzene rings is 2. The third-order valence-electron chi connectivity index (χ3n) is 3.37. The Balaban J connectivity index is 2.04. The van der Waals surface area contributed by atoms with E-state index in [1.54, 1.807) is 12.1 Å². The van der Waals surface area contributed by atoms with Crippen LogP contribution in [0.2, 0.25) is 0 Å². The van der Waals surface area contributed by atoms with Gasteiger partial charge in [-0.15, -0.1) is 0 Å². The van der Waals surface area contributed by atoms with E-state index < -0.39 is 15.9 Å². The Hall–Kier alpha value is -2.29. The van der Waals surface area contributed by atoms with Gasteiger partial charge in [-0.3, -0.25) is 4.79 Å². The van der Waals surface area contributed by atoms with E-state index in [-0.39, 0.29) is 36.0 Å². The molecule has 2 rings (SSSR count). The van der Waals surface area contributed by atoms with Crippen molar-refractivity contribution in [3.63, 3.8) is 0 Å². The fraction of sp³-hybridized carbons (Fsp3) is 0.235. The lowest BCUT2D eigenvalue weighted by molar-refractivity contribution is 0.0950. The second-order valence-electron chi connectivity index (χ2n) is 5.23. The maximum Gasteiger partial charge on any atom is 0.251 e. The summed E-state index contributed by atoms with van der Waals surface area (Å²) >= 11 is 0. The van der Waals surface area contributed by atoms with Gasteiger partial charge in [-0.2, -0.15) is 0 Å². The number of rotatable bonds is 8. The summed E-state index contributed by atoms with van der Waals surface area (Å²) < 4.78 is 44.4. The summed E-state index contributed by atoms with van der Waals surface area (Å²) in [5, 5.41) is 2.67. The molecule has 1 amide bonds. The standard InChI is InChI=1S/C17H19FN2O4S/c1-24-10-9-20-25(22,23)16-4-2-3-14(11-16)17(21)19-12-13-5-7-15(18)8-6-13/h2-8,11,20H,9-10,12H2,1H3,(H,19,21). The summed E-state index contributed by atoms with van der Waals surface area (Å²) in [5.74, 6) is -0.771. The Morgan fingerprint density at radius 2 is 1.88 bits per heavy atom. The van der Waals surface area contributed by atoms with Crippen LogP contribution in [0.1, 0.15) is 15.9 Å². The third kappa shape index (κ3) is 5.63. The quantitative estimate of drug-likeness (QED) is 0.696. The van der Waals surface area contributed by atoms with Crippen LogP contribution in [0.15, 0.2) is 53.4 Å². The number of nitrogens with one attached hydrogen (secondary N) is 2. The highest BCUT2D eigenvalue weighted by Gasteiger charge is 2.15. The molecule has 0 unspecified atom stereocenters. The molecule has 0 radical (unpaired) electrons. The zero-order valence-electron chi connectivity index (χ0n) is 13.7. The number of methoxy groups -OCH3 is 1. The van der Waals surface area contributed by atoms with Crippen LogP contribution in [0.3, 0.4) is 0 Å². The topological polar surface area (TPSA) is 84.5 Å². The normalized spacial score (nSPS) is 11.3. The van der Waals surface area contributed by atoms with Crippen molar-refractivity contribution in [3.8, 4) is 0 Å². The second kappa shape index (κ2) is 8.70. The average molecular weight is 366 g/mol. The number of amides is 1. The van der Waals surface area contributed by atoms with Gasteiger partial charge in [0.25, 0.3) is 5.91 Å². The van der Waals surface area contributed by atoms with Crippen molar-refractivity contribution >= 4 is 15.9 Å². The predicted octanol–water partition coefficient (Wildman–Crippen LogP) is 1.68. The van der Waals surface area contributed by atoms with Gasteiger partial charge in [-0.25, -0.2) is 17.5 Å². The SMILES string of the molecule is COCCNS(=O)(=O)c1cccc(C(=O)NCc2ccc(F)cc2)c1. The van der Waals surface area contributed by atoms with Crippen LogP contribution in [0.25, 0.3) is 0 Å². The molecule has 0 saturated carbocycles. The molecule has 134 valence electrons. The van der Waals surface area contributed by atoms with E-state index in [9.17, 15) is 17.6 Å². The second-order valence-corrected chi connectivity index (χ2v) is 6.99. The van der Waals surface area contributed by atoms with Gasteiger partial charge < -0.3 is 10.1 Å². The molecule has 0 aromatic heterocycles. The Morgan fingerprint density at radius 3 is 2.56 bits per heavy atom. The molecular formula is C17H19FN2O4S. The van der Waals surface area contributed by atoms with Crippen molar-refractivity contribution in [1.82, 2.24) is 10.0 Å². The highest BCUT2D eigenvalue weighted by atomic mass is 32.2. The molecule has 0 aliphatic carbocycles. The maximum atomic E-state index is 12.9. The van der Waals surface area contributed by atoms with Gasteiger partial charge in [-0.1, -0.05) is 18.2 Å². The van der Waals surface area contributed by atoms with Gasteiger partial charge in [0.1, 0.15) is 5.82 Å². The van der Waals surface area contributed by atoms with Crippen LogP contribution in [0, 0.1) is 5.82 Å². The molecule has 0 heterocycles. The number of hydrogen-bond donors (Lipinski definition) is 2. The molecule has 0 spiro atoms. The van der Waals surface area contributed by atoms with Gasteiger partial charge in [-0.05, 0) is 35.9 Å².